The monoisotopic (exact) mass is 295 g/mol. The first kappa shape index (κ1) is 15.7. The Morgan fingerprint density at radius 3 is 2.65 bits per heavy atom. The Hall–Kier alpha value is -0.710. The maximum atomic E-state index is 6.27. The van der Waals surface area contributed by atoms with Gasteiger partial charge >= 0.3 is 0 Å². The van der Waals surface area contributed by atoms with Gasteiger partial charge in [0, 0.05) is 30.3 Å². The van der Waals surface area contributed by atoms with Gasteiger partial charge in [0.25, 0.3) is 0 Å². The number of hydrogen-bond acceptors (Lipinski definition) is 4. The normalized spacial score (nSPS) is 17.9. The van der Waals surface area contributed by atoms with Gasteiger partial charge in [-0.05, 0) is 37.0 Å². The van der Waals surface area contributed by atoms with E-state index >= 15 is 0 Å². The molecule has 1 heterocycles. The largest absolute Gasteiger partial charge is 0.494 e. The molecular formula is C16H25NO2S. The second-order valence-corrected chi connectivity index (χ2v) is 6.50. The van der Waals surface area contributed by atoms with Gasteiger partial charge in [0.2, 0.25) is 0 Å². The minimum atomic E-state index is 0.100. The summed E-state index contributed by atoms with van der Waals surface area (Å²) in [6.07, 6.45) is 3.34. The van der Waals surface area contributed by atoms with Crippen LogP contribution in [0, 0.1) is 0 Å². The van der Waals surface area contributed by atoms with Gasteiger partial charge in [-0.3, -0.25) is 0 Å². The molecule has 1 aliphatic heterocycles. The predicted molar refractivity (Wildman–Crippen MR) is 85.5 cm³/mol. The third-order valence-corrected chi connectivity index (χ3v) is 4.96. The maximum Gasteiger partial charge on any atom is 0.119 e. The molecule has 1 saturated heterocycles. The van der Waals surface area contributed by atoms with Gasteiger partial charge in [-0.1, -0.05) is 19.1 Å². The average molecular weight is 295 g/mol. The van der Waals surface area contributed by atoms with Crippen molar-refractivity contribution in [3.8, 4) is 5.75 Å². The van der Waals surface area contributed by atoms with Crippen LogP contribution in [-0.4, -0.2) is 30.8 Å². The Kier molecular flexibility index (Phi) is 6.70. The number of ether oxygens (including phenoxy) is 2. The number of rotatable bonds is 7. The lowest BCUT2D eigenvalue weighted by atomic mass is 10.1. The van der Waals surface area contributed by atoms with Crippen molar-refractivity contribution in [2.45, 2.75) is 37.5 Å². The molecule has 1 atom stereocenters. The van der Waals surface area contributed by atoms with E-state index in [0.29, 0.717) is 5.25 Å². The number of nitrogens with two attached hydrogens (primary N) is 1. The molecule has 1 aromatic rings. The van der Waals surface area contributed by atoms with E-state index in [1.165, 1.54) is 5.56 Å². The van der Waals surface area contributed by atoms with E-state index in [1.54, 1.807) is 0 Å². The Labute approximate surface area is 126 Å². The highest BCUT2D eigenvalue weighted by molar-refractivity contribution is 7.99. The Morgan fingerprint density at radius 1 is 1.30 bits per heavy atom. The smallest absolute Gasteiger partial charge is 0.119 e. The van der Waals surface area contributed by atoms with Crippen LogP contribution in [0.15, 0.2) is 24.3 Å². The summed E-state index contributed by atoms with van der Waals surface area (Å²) < 4.78 is 11.0. The first-order valence-electron chi connectivity index (χ1n) is 7.47. The van der Waals surface area contributed by atoms with E-state index in [4.69, 9.17) is 15.2 Å². The first-order chi connectivity index (χ1) is 9.79. The van der Waals surface area contributed by atoms with Crippen molar-refractivity contribution in [3.63, 3.8) is 0 Å². The molecule has 1 fully saturated rings. The van der Waals surface area contributed by atoms with Crippen LogP contribution in [0.5, 0.6) is 5.75 Å². The maximum absolute atomic E-state index is 6.27. The number of hydrogen-bond donors (Lipinski definition) is 1. The Bertz CT molecular complexity index is 377. The minimum Gasteiger partial charge on any atom is -0.494 e. The molecule has 4 heteroatoms. The van der Waals surface area contributed by atoms with Gasteiger partial charge < -0.3 is 15.2 Å². The first-order valence-corrected chi connectivity index (χ1v) is 8.52. The minimum absolute atomic E-state index is 0.100. The average Bonchev–Trinajstić information content (AvgIpc) is 2.52. The van der Waals surface area contributed by atoms with Gasteiger partial charge in [0.15, 0.2) is 0 Å². The quantitative estimate of drug-likeness (QED) is 0.837. The van der Waals surface area contributed by atoms with Gasteiger partial charge in [-0.15, -0.1) is 0 Å². The third kappa shape index (κ3) is 5.00. The zero-order valence-corrected chi connectivity index (χ0v) is 13.0. The van der Waals surface area contributed by atoms with Crippen LogP contribution < -0.4 is 10.5 Å². The van der Waals surface area contributed by atoms with Crippen LogP contribution in [0.3, 0.4) is 0 Å². The zero-order valence-electron chi connectivity index (χ0n) is 12.2. The van der Waals surface area contributed by atoms with Crippen molar-refractivity contribution in [2.75, 3.05) is 25.6 Å². The summed E-state index contributed by atoms with van der Waals surface area (Å²) in [5, 5.41) is 0.710. The van der Waals surface area contributed by atoms with Crippen LogP contribution in [-0.2, 0) is 4.74 Å². The Morgan fingerprint density at radius 2 is 2.00 bits per heavy atom. The molecule has 0 bridgehead atoms. The van der Waals surface area contributed by atoms with Crippen molar-refractivity contribution < 1.29 is 9.47 Å². The highest BCUT2D eigenvalue weighted by Gasteiger charge is 2.16. The molecule has 0 spiro atoms. The standard InChI is InChI=1S/C16H25NO2S/c1-2-9-19-14-5-3-13(4-6-14)16(17)12-20-15-7-10-18-11-8-15/h3-6,15-16H,2,7-12,17H2,1H3. The number of benzene rings is 1. The molecule has 3 nitrogen and oxygen atoms in total. The molecule has 0 aliphatic carbocycles. The summed E-state index contributed by atoms with van der Waals surface area (Å²) in [4.78, 5) is 0. The van der Waals surface area contributed by atoms with E-state index in [-0.39, 0.29) is 6.04 Å². The lowest BCUT2D eigenvalue weighted by molar-refractivity contribution is 0.1000. The fourth-order valence-corrected chi connectivity index (χ4v) is 3.41. The molecule has 20 heavy (non-hydrogen) atoms. The van der Waals surface area contributed by atoms with Gasteiger partial charge in [0.1, 0.15) is 5.75 Å². The predicted octanol–water partition coefficient (Wildman–Crippen LogP) is 3.39. The van der Waals surface area contributed by atoms with E-state index < -0.39 is 0 Å². The third-order valence-electron chi connectivity index (χ3n) is 3.46. The van der Waals surface area contributed by atoms with Crippen molar-refractivity contribution in [1.29, 1.82) is 0 Å². The van der Waals surface area contributed by atoms with Gasteiger partial charge in [0.05, 0.1) is 6.61 Å². The van der Waals surface area contributed by atoms with Crippen molar-refractivity contribution in [3.05, 3.63) is 29.8 Å². The highest BCUT2D eigenvalue weighted by Crippen LogP contribution is 2.26. The van der Waals surface area contributed by atoms with Crippen molar-refractivity contribution >= 4 is 11.8 Å². The van der Waals surface area contributed by atoms with E-state index in [1.807, 2.05) is 23.9 Å². The second-order valence-electron chi connectivity index (χ2n) is 5.17. The SMILES string of the molecule is CCCOc1ccc(C(N)CSC2CCOCC2)cc1. The van der Waals surface area contributed by atoms with Crippen molar-refractivity contribution in [2.24, 2.45) is 5.73 Å². The summed E-state index contributed by atoms with van der Waals surface area (Å²) >= 11 is 1.98. The molecule has 0 radical (unpaired) electrons. The van der Waals surface area contributed by atoms with E-state index in [9.17, 15) is 0 Å². The fourth-order valence-electron chi connectivity index (χ4n) is 2.21. The van der Waals surface area contributed by atoms with E-state index in [0.717, 1.165) is 50.6 Å². The second kappa shape index (κ2) is 8.55. The molecule has 1 aliphatic rings. The van der Waals surface area contributed by atoms with Crippen molar-refractivity contribution in [1.82, 2.24) is 0 Å². The lowest BCUT2D eigenvalue weighted by Gasteiger charge is -2.23. The van der Waals surface area contributed by atoms with Gasteiger partial charge in [-0.2, -0.15) is 11.8 Å². The lowest BCUT2D eigenvalue weighted by Crippen LogP contribution is -2.21. The topological polar surface area (TPSA) is 44.5 Å². The summed E-state index contributed by atoms with van der Waals surface area (Å²) in [6.45, 7) is 4.68. The Balaban J connectivity index is 1.77. The molecule has 0 amide bonds. The molecule has 1 aromatic carbocycles. The zero-order chi connectivity index (χ0) is 14.2. The molecule has 0 aromatic heterocycles. The summed E-state index contributed by atoms with van der Waals surface area (Å²) in [5.74, 6) is 1.90. The molecule has 112 valence electrons. The summed E-state index contributed by atoms with van der Waals surface area (Å²) in [7, 11) is 0. The summed E-state index contributed by atoms with van der Waals surface area (Å²) in [5.41, 5.74) is 7.46. The van der Waals surface area contributed by atoms with Crippen LogP contribution >= 0.6 is 11.8 Å². The van der Waals surface area contributed by atoms with Crippen LogP contribution in [0.1, 0.15) is 37.8 Å². The highest BCUT2D eigenvalue weighted by atomic mass is 32.2. The summed E-state index contributed by atoms with van der Waals surface area (Å²) in [6, 6.07) is 8.30. The number of thioether (sulfide) groups is 1. The van der Waals surface area contributed by atoms with Crippen LogP contribution in [0.25, 0.3) is 0 Å². The molecule has 1 unspecified atom stereocenters. The fraction of sp³-hybridized carbons (Fsp3) is 0.625. The van der Waals surface area contributed by atoms with Gasteiger partial charge in [-0.25, -0.2) is 0 Å². The van der Waals surface area contributed by atoms with E-state index in [2.05, 4.69) is 19.1 Å². The van der Waals surface area contributed by atoms with Crippen LogP contribution in [0.4, 0.5) is 0 Å². The molecule has 2 N–H and O–H groups in total. The molecule has 2 rings (SSSR count). The van der Waals surface area contributed by atoms with Crippen LogP contribution in [0.2, 0.25) is 0 Å². The molecular weight excluding hydrogens is 270 g/mol. The molecule has 0 saturated carbocycles.